The highest BCUT2D eigenvalue weighted by molar-refractivity contribution is 5.53. The average Bonchev–Trinajstić information content (AvgIpc) is 3.27. The molecular formula is C24H38O4. The van der Waals surface area contributed by atoms with Crippen molar-refractivity contribution in [2.45, 2.75) is 84.0 Å². The minimum atomic E-state index is -0.363. The van der Waals surface area contributed by atoms with Gasteiger partial charge in [-0.05, 0) is 78.9 Å². The van der Waals surface area contributed by atoms with Gasteiger partial charge in [0.15, 0.2) is 5.79 Å². The Morgan fingerprint density at radius 1 is 1.00 bits per heavy atom. The van der Waals surface area contributed by atoms with E-state index in [0.29, 0.717) is 35.0 Å². The lowest BCUT2D eigenvalue weighted by molar-refractivity contribution is -0.242. The van der Waals surface area contributed by atoms with Crippen molar-refractivity contribution in [3.8, 4) is 0 Å². The molecule has 4 aliphatic carbocycles. The first-order valence-corrected chi connectivity index (χ1v) is 11.7. The molecule has 9 atom stereocenters. The van der Waals surface area contributed by atoms with Gasteiger partial charge in [-0.2, -0.15) is 0 Å². The van der Waals surface area contributed by atoms with Crippen LogP contribution >= 0.6 is 0 Å². The van der Waals surface area contributed by atoms with Crippen molar-refractivity contribution < 1.29 is 19.4 Å². The lowest BCUT2D eigenvalue weighted by atomic mass is 9.43. The summed E-state index contributed by atoms with van der Waals surface area (Å²) in [5.74, 6) is 2.34. The first-order valence-electron chi connectivity index (χ1n) is 11.7. The van der Waals surface area contributed by atoms with E-state index in [1.165, 1.54) is 25.5 Å². The van der Waals surface area contributed by atoms with Crippen LogP contribution in [0.5, 0.6) is 0 Å². The molecule has 0 aromatic carbocycles. The molecular weight excluding hydrogens is 352 g/mol. The number of ether oxygens (including phenoxy) is 2. The molecule has 0 unspecified atom stereocenters. The first-order chi connectivity index (χ1) is 13.3. The second kappa shape index (κ2) is 6.52. The highest BCUT2D eigenvalue weighted by Crippen LogP contribution is 2.69. The molecule has 4 saturated carbocycles. The Morgan fingerprint density at radius 2 is 1.71 bits per heavy atom. The van der Waals surface area contributed by atoms with Crippen LogP contribution in [-0.2, 0) is 14.3 Å². The number of aliphatic hydroxyl groups excluding tert-OH is 1. The van der Waals surface area contributed by atoms with Gasteiger partial charge in [0.1, 0.15) is 6.29 Å². The number of fused-ring (bicyclic) bond motifs is 5. The van der Waals surface area contributed by atoms with E-state index in [-0.39, 0.29) is 23.2 Å². The third kappa shape index (κ3) is 2.56. The van der Waals surface area contributed by atoms with Gasteiger partial charge < -0.3 is 19.4 Å². The monoisotopic (exact) mass is 390 g/mol. The smallest absolute Gasteiger partial charge is 0.168 e. The Bertz CT molecular complexity index is 628. The lowest BCUT2D eigenvalue weighted by Gasteiger charge is -2.63. The van der Waals surface area contributed by atoms with Crippen molar-refractivity contribution in [3.05, 3.63) is 0 Å². The number of rotatable bonds is 2. The van der Waals surface area contributed by atoms with Gasteiger partial charge >= 0.3 is 0 Å². The fourth-order valence-electron chi connectivity index (χ4n) is 8.92. The van der Waals surface area contributed by atoms with Gasteiger partial charge in [-0.1, -0.05) is 20.8 Å². The summed E-state index contributed by atoms with van der Waals surface area (Å²) in [5, 5.41) is 11.4. The maximum atomic E-state index is 11.5. The van der Waals surface area contributed by atoms with Gasteiger partial charge in [0.2, 0.25) is 0 Å². The molecule has 0 aromatic heterocycles. The summed E-state index contributed by atoms with van der Waals surface area (Å²) in [6, 6.07) is 0. The van der Waals surface area contributed by atoms with E-state index in [9.17, 15) is 9.90 Å². The van der Waals surface area contributed by atoms with Crippen molar-refractivity contribution in [2.75, 3.05) is 13.2 Å². The minimum absolute atomic E-state index is 0.141. The summed E-state index contributed by atoms with van der Waals surface area (Å²) in [5.41, 5.74) is 0.513. The Labute approximate surface area is 169 Å². The molecule has 1 saturated heterocycles. The van der Waals surface area contributed by atoms with Crippen LogP contribution in [0.2, 0.25) is 0 Å². The quantitative estimate of drug-likeness (QED) is 0.718. The molecule has 5 rings (SSSR count). The van der Waals surface area contributed by atoms with Crippen molar-refractivity contribution in [2.24, 2.45) is 46.3 Å². The summed E-state index contributed by atoms with van der Waals surface area (Å²) in [4.78, 5) is 11.5. The van der Waals surface area contributed by atoms with E-state index in [0.717, 1.165) is 45.3 Å². The number of carbonyl (C=O) groups excluding carboxylic acids is 1. The Kier molecular flexibility index (Phi) is 4.54. The van der Waals surface area contributed by atoms with Gasteiger partial charge in [0.25, 0.3) is 0 Å². The molecule has 0 radical (unpaired) electrons. The van der Waals surface area contributed by atoms with Crippen LogP contribution < -0.4 is 0 Å². The molecule has 0 bridgehead atoms. The van der Waals surface area contributed by atoms with Crippen LogP contribution in [0.15, 0.2) is 0 Å². The van der Waals surface area contributed by atoms with E-state index < -0.39 is 0 Å². The Balaban J connectivity index is 1.42. The third-order valence-electron chi connectivity index (χ3n) is 10.4. The summed E-state index contributed by atoms with van der Waals surface area (Å²) < 4.78 is 12.1. The average molecular weight is 391 g/mol. The van der Waals surface area contributed by atoms with Crippen LogP contribution in [0.3, 0.4) is 0 Å². The lowest BCUT2D eigenvalue weighted by Crippen LogP contribution is -2.60. The summed E-state index contributed by atoms with van der Waals surface area (Å²) in [6.45, 7) is 8.48. The van der Waals surface area contributed by atoms with Crippen molar-refractivity contribution >= 4 is 6.29 Å². The van der Waals surface area contributed by atoms with Gasteiger partial charge in [0, 0.05) is 18.8 Å². The maximum absolute atomic E-state index is 11.5. The second-order valence-corrected chi connectivity index (χ2v) is 11.3. The Morgan fingerprint density at radius 3 is 2.43 bits per heavy atom. The largest absolute Gasteiger partial charge is 0.393 e. The topological polar surface area (TPSA) is 55.8 Å². The van der Waals surface area contributed by atoms with E-state index in [1.54, 1.807) is 0 Å². The van der Waals surface area contributed by atoms with E-state index in [1.807, 2.05) is 0 Å². The van der Waals surface area contributed by atoms with Crippen LogP contribution in [0.25, 0.3) is 0 Å². The van der Waals surface area contributed by atoms with Gasteiger partial charge in [-0.3, -0.25) is 0 Å². The minimum Gasteiger partial charge on any atom is -0.393 e. The molecule has 158 valence electrons. The maximum Gasteiger partial charge on any atom is 0.168 e. The molecule has 4 nitrogen and oxygen atoms in total. The van der Waals surface area contributed by atoms with Crippen LogP contribution in [-0.4, -0.2) is 36.5 Å². The van der Waals surface area contributed by atoms with E-state index >= 15 is 0 Å². The normalized spacial score (nSPS) is 53.3. The molecule has 0 amide bonds. The van der Waals surface area contributed by atoms with Crippen LogP contribution in [0.1, 0.15) is 72.1 Å². The van der Waals surface area contributed by atoms with Crippen LogP contribution in [0, 0.1) is 46.3 Å². The zero-order chi connectivity index (χ0) is 19.7. The van der Waals surface area contributed by atoms with Crippen molar-refractivity contribution in [1.29, 1.82) is 0 Å². The fourth-order valence-corrected chi connectivity index (χ4v) is 8.92. The SMILES string of the molecule is C[C@H](C=O)[C@H]1CC[C@H]2[C@@H]3[C@H](O)C[C@H]4CC5(CC[C@]4(C)[C@H]3CC[C@]12C)OCCO5. The fraction of sp³-hybridized carbons (Fsp3) is 0.958. The van der Waals surface area contributed by atoms with Crippen molar-refractivity contribution in [1.82, 2.24) is 0 Å². The molecule has 4 heteroatoms. The third-order valence-corrected chi connectivity index (χ3v) is 10.4. The highest BCUT2D eigenvalue weighted by Gasteiger charge is 2.64. The summed E-state index contributed by atoms with van der Waals surface area (Å²) >= 11 is 0. The zero-order valence-electron chi connectivity index (χ0n) is 17.9. The number of hydrogen-bond acceptors (Lipinski definition) is 4. The predicted molar refractivity (Wildman–Crippen MR) is 106 cm³/mol. The molecule has 5 aliphatic rings. The number of carbonyl (C=O) groups is 1. The van der Waals surface area contributed by atoms with Gasteiger partial charge in [-0.25, -0.2) is 0 Å². The predicted octanol–water partition coefficient (Wildman–Crippen LogP) is 4.19. The molecule has 1 aliphatic heterocycles. The highest BCUT2D eigenvalue weighted by atomic mass is 16.7. The number of aliphatic hydroxyl groups is 1. The van der Waals surface area contributed by atoms with Crippen LogP contribution in [0.4, 0.5) is 0 Å². The Hall–Kier alpha value is -0.450. The zero-order valence-corrected chi connectivity index (χ0v) is 17.9. The molecule has 1 N–H and O–H groups in total. The first kappa shape index (κ1) is 19.5. The van der Waals surface area contributed by atoms with Crippen molar-refractivity contribution in [3.63, 3.8) is 0 Å². The molecule has 1 heterocycles. The van der Waals surface area contributed by atoms with Gasteiger partial charge in [0.05, 0.1) is 19.3 Å². The second-order valence-electron chi connectivity index (χ2n) is 11.3. The summed E-state index contributed by atoms with van der Waals surface area (Å²) in [7, 11) is 0. The standard InChI is InChI=1S/C24H38O4/c1-15(14-25)17-4-5-18-21-19(6-7-23(17,18)3)22(2)8-9-24(27-10-11-28-24)13-16(22)12-20(21)26/h14-21,26H,4-13H2,1-3H3/t15-,16+,17-,18+,19+,20-,21+,22+,23-/m1/s1. The molecule has 28 heavy (non-hydrogen) atoms. The molecule has 5 fully saturated rings. The number of aldehydes is 1. The van der Waals surface area contributed by atoms with E-state index in [2.05, 4.69) is 20.8 Å². The molecule has 0 aromatic rings. The molecule has 1 spiro atoms. The summed E-state index contributed by atoms with van der Waals surface area (Å²) in [6.07, 6.45) is 9.73. The van der Waals surface area contributed by atoms with Gasteiger partial charge in [-0.15, -0.1) is 0 Å². The number of hydrogen-bond donors (Lipinski definition) is 1. The van der Waals surface area contributed by atoms with E-state index in [4.69, 9.17) is 9.47 Å².